The second-order valence-electron chi connectivity index (χ2n) is 8.34. The van der Waals surface area contributed by atoms with Crippen LogP contribution in [0.2, 0.25) is 0 Å². The van der Waals surface area contributed by atoms with Gasteiger partial charge in [0.05, 0.1) is 6.04 Å². The van der Waals surface area contributed by atoms with Gasteiger partial charge in [-0.25, -0.2) is 0 Å². The Morgan fingerprint density at radius 3 is 2.68 bits per heavy atom. The van der Waals surface area contributed by atoms with Gasteiger partial charge in [0.15, 0.2) is 0 Å². The molecule has 3 unspecified atom stereocenters. The molecule has 0 spiro atoms. The molecule has 1 aromatic rings. The number of rotatable bonds is 7. The zero-order valence-corrected chi connectivity index (χ0v) is 19.6. The van der Waals surface area contributed by atoms with E-state index in [1.165, 1.54) is 30.6 Å². The van der Waals surface area contributed by atoms with Crippen LogP contribution in [0.15, 0.2) is 17.5 Å². The van der Waals surface area contributed by atoms with E-state index < -0.39 is 0 Å². The van der Waals surface area contributed by atoms with E-state index in [0.29, 0.717) is 24.3 Å². The lowest BCUT2D eigenvalue weighted by atomic mass is 9.85. The quantitative estimate of drug-likeness (QED) is 0.643. The number of hydrogen-bond donors (Lipinski definition) is 2. The fourth-order valence-electron chi connectivity index (χ4n) is 4.34. The number of carbonyl (C=O) groups excluding carboxylic acids is 1. The summed E-state index contributed by atoms with van der Waals surface area (Å²) in [4.78, 5) is 16.5. The molecular formula is C21H37Cl2N3OS. The number of halogens is 2. The fraction of sp³-hybridized carbons (Fsp3) is 0.762. The van der Waals surface area contributed by atoms with Gasteiger partial charge in [0.2, 0.25) is 5.91 Å². The molecule has 0 aliphatic carbocycles. The largest absolute Gasteiger partial charge is 0.354 e. The van der Waals surface area contributed by atoms with Crippen molar-refractivity contribution in [3.63, 3.8) is 0 Å². The average molecular weight is 451 g/mol. The first-order valence-corrected chi connectivity index (χ1v) is 11.3. The smallest absolute Gasteiger partial charge is 0.220 e. The molecule has 4 nitrogen and oxygen atoms in total. The number of hydrogen-bond acceptors (Lipinski definition) is 4. The molecule has 28 heavy (non-hydrogen) atoms. The molecule has 2 aliphatic rings. The Balaban J connectivity index is 0.00000196. The number of thiophene rings is 1. The average Bonchev–Trinajstić information content (AvgIpc) is 3.18. The van der Waals surface area contributed by atoms with Gasteiger partial charge in [0.25, 0.3) is 0 Å². The molecule has 0 saturated carbocycles. The van der Waals surface area contributed by atoms with Gasteiger partial charge in [0.1, 0.15) is 0 Å². The molecule has 3 heterocycles. The predicted molar refractivity (Wildman–Crippen MR) is 124 cm³/mol. The lowest BCUT2D eigenvalue weighted by molar-refractivity contribution is -0.122. The normalized spacial score (nSPS) is 23.1. The van der Waals surface area contributed by atoms with Gasteiger partial charge in [-0.15, -0.1) is 36.2 Å². The Labute approximate surface area is 187 Å². The standard InChI is InChI=1S/C21H35N3OS.2ClH/c1-16-7-10-24(11-8-16)19(20-6-4-12-26-20)15-23-21(25)13-17(2)18-5-3-9-22-14-18;;/h4,6,12,16-19,22H,3,5,7-11,13-15H2,1-2H3,(H,23,25);2*1H. The molecule has 2 fully saturated rings. The van der Waals surface area contributed by atoms with Crippen LogP contribution in [-0.4, -0.2) is 43.5 Å². The molecule has 0 aromatic carbocycles. The highest BCUT2D eigenvalue weighted by Gasteiger charge is 2.27. The Bertz CT molecular complexity index is 544. The summed E-state index contributed by atoms with van der Waals surface area (Å²) in [5.74, 6) is 2.15. The van der Waals surface area contributed by atoms with E-state index >= 15 is 0 Å². The number of nitrogens with one attached hydrogen (secondary N) is 2. The highest BCUT2D eigenvalue weighted by atomic mass is 35.5. The lowest BCUT2D eigenvalue weighted by Gasteiger charge is -2.36. The summed E-state index contributed by atoms with van der Waals surface area (Å²) < 4.78 is 0. The van der Waals surface area contributed by atoms with Crippen LogP contribution >= 0.6 is 36.2 Å². The maximum atomic E-state index is 12.6. The van der Waals surface area contributed by atoms with Gasteiger partial charge in [-0.05, 0) is 81.1 Å². The van der Waals surface area contributed by atoms with Crippen molar-refractivity contribution in [2.45, 2.75) is 52.0 Å². The monoisotopic (exact) mass is 449 g/mol. The van der Waals surface area contributed by atoms with Crippen molar-refractivity contribution in [2.75, 3.05) is 32.7 Å². The molecule has 3 atom stereocenters. The van der Waals surface area contributed by atoms with E-state index in [0.717, 1.165) is 38.6 Å². The van der Waals surface area contributed by atoms with Crippen LogP contribution < -0.4 is 10.6 Å². The Morgan fingerprint density at radius 1 is 1.32 bits per heavy atom. The van der Waals surface area contributed by atoms with Crippen molar-refractivity contribution in [3.05, 3.63) is 22.4 Å². The molecule has 3 rings (SSSR count). The van der Waals surface area contributed by atoms with Crippen LogP contribution in [0.4, 0.5) is 0 Å². The van der Waals surface area contributed by atoms with Crippen molar-refractivity contribution in [1.82, 2.24) is 15.5 Å². The predicted octanol–water partition coefficient (Wildman–Crippen LogP) is 4.51. The third-order valence-electron chi connectivity index (χ3n) is 6.27. The minimum atomic E-state index is 0. The summed E-state index contributed by atoms with van der Waals surface area (Å²) in [6.07, 6.45) is 5.68. The van der Waals surface area contributed by atoms with E-state index in [9.17, 15) is 4.79 Å². The molecule has 1 amide bonds. The summed E-state index contributed by atoms with van der Waals surface area (Å²) in [6.45, 7) is 9.81. The first kappa shape index (κ1) is 25.7. The van der Waals surface area contributed by atoms with Crippen LogP contribution in [0.25, 0.3) is 0 Å². The van der Waals surface area contributed by atoms with Crippen molar-refractivity contribution in [2.24, 2.45) is 17.8 Å². The van der Waals surface area contributed by atoms with Crippen molar-refractivity contribution >= 4 is 42.1 Å². The second-order valence-corrected chi connectivity index (χ2v) is 9.32. The Kier molecular flexibility index (Phi) is 12.0. The number of nitrogens with zero attached hydrogens (tertiary/aromatic N) is 1. The SMILES string of the molecule is CC1CCN(C(CNC(=O)CC(C)C2CCCNC2)c2cccs2)CC1.Cl.Cl. The molecular weight excluding hydrogens is 413 g/mol. The fourth-order valence-corrected chi connectivity index (χ4v) is 5.20. The van der Waals surface area contributed by atoms with Gasteiger partial charge in [0, 0.05) is 17.8 Å². The van der Waals surface area contributed by atoms with Crippen molar-refractivity contribution in [1.29, 1.82) is 0 Å². The van der Waals surface area contributed by atoms with Crippen LogP contribution in [0.1, 0.15) is 56.9 Å². The number of amides is 1. The number of piperidine rings is 2. The maximum Gasteiger partial charge on any atom is 0.220 e. The number of carbonyl (C=O) groups is 1. The van der Waals surface area contributed by atoms with Crippen LogP contribution in [0.3, 0.4) is 0 Å². The summed E-state index contributed by atoms with van der Waals surface area (Å²) in [5, 5.41) is 8.87. The Hall–Kier alpha value is -0.330. The third kappa shape index (κ3) is 7.49. The van der Waals surface area contributed by atoms with Crippen molar-refractivity contribution in [3.8, 4) is 0 Å². The van der Waals surface area contributed by atoms with Gasteiger partial charge in [-0.2, -0.15) is 0 Å². The molecule has 1 aromatic heterocycles. The van der Waals surface area contributed by atoms with Gasteiger partial charge >= 0.3 is 0 Å². The van der Waals surface area contributed by atoms with E-state index in [1.54, 1.807) is 0 Å². The Morgan fingerprint density at radius 2 is 2.07 bits per heavy atom. The van der Waals surface area contributed by atoms with Crippen LogP contribution in [0.5, 0.6) is 0 Å². The minimum absolute atomic E-state index is 0. The van der Waals surface area contributed by atoms with Crippen LogP contribution in [0, 0.1) is 17.8 Å². The highest BCUT2D eigenvalue weighted by Crippen LogP contribution is 2.29. The number of likely N-dealkylation sites (tertiary alicyclic amines) is 1. The van der Waals surface area contributed by atoms with Gasteiger partial charge in [-0.1, -0.05) is 19.9 Å². The van der Waals surface area contributed by atoms with Gasteiger partial charge < -0.3 is 10.6 Å². The second kappa shape index (κ2) is 13.1. The van der Waals surface area contributed by atoms with E-state index in [1.807, 2.05) is 11.3 Å². The minimum Gasteiger partial charge on any atom is -0.354 e. The van der Waals surface area contributed by atoms with E-state index in [4.69, 9.17) is 0 Å². The maximum absolute atomic E-state index is 12.6. The van der Waals surface area contributed by atoms with Crippen molar-refractivity contribution < 1.29 is 4.79 Å². The van der Waals surface area contributed by atoms with E-state index in [-0.39, 0.29) is 30.7 Å². The first-order chi connectivity index (χ1) is 12.6. The summed E-state index contributed by atoms with van der Waals surface area (Å²) in [6, 6.07) is 4.67. The van der Waals surface area contributed by atoms with E-state index in [2.05, 4.69) is 46.9 Å². The molecule has 7 heteroatoms. The van der Waals surface area contributed by atoms with Gasteiger partial charge in [-0.3, -0.25) is 9.69 Å². The molecule has 162 valence electrons. The third-order valence-corrected chi connectivity index (χ3v) is 7.24. The lowest BCUT2D eigenvalue weighted by Crippen LogP contribution is -2.42. The topological polar surface area (TPSA) is 44.4 Å². The summed E-state index contributed by atoms with van der Waals surface area (Å²) in [7, 11) is 0. The zero-order chi connectivity index (χ0) is 18.4. The molecule has 2 N–H and O–H groups in total. The van der Waals surface area contributed by atoms with Crippen LogP contribution in [-0.2, 0) is 4.79 Å². The molecule has 0 bridgehead atoms. The highest BCUT2D eigenvalue weighted by molar-refractivity contribution is 7.10. The zero-order valence-electron chi connectivity index (χ0n) is 17.2. The summed E-state index contributed by atoms with van der Waals surface area (Å²) >= 11 is 1.81. The first-order valence-electron chi connectivity index (χ1n) is 10.4. The molecule has 0 radical (unpaired) electrons. The molecule has 2 saturated heterocycles. The summed E-state index contributed by atoms with van der Waals surface area (Å²) in [5.41, 5.74) is 0. The molecule has 2 aliphatic heterocycles.